The molecule has 4 rings (SSSR count). The van der Waals surface area contributed by atoms with E-state index in [1.807, 2.05) is 54.6 Å². The molecule has 0 saturated carbocycles. The number of hydrogen-bond donors (Lipinski definition) is 2. The number of nitriles is 1. The monoisotopic (exact) mass is 364 g/mol. The van der Waals surface area contributed by atoms with Crippen molar-refractivity contribution in [2.24, 2.45) is 0 Å². The van der Waals surface area contributed by atoms with Gasteiger partial charge in [0.15, 0.2) is 0 Å². The van der Waals surface area contributed by atoms with E-state index in [1.165, 1.54) is 12.1 Å². The standard InChI is InChI=1S/C24H16N2O2/c25-15-18(24(28)26-19-9-11-20(27)12-10-19)14-23-21-7-3-1-5-16(21)13-17-6-2-4-8-22(17)23/h1-14,27H,(H,26,28). The van der Waals surface area contributed by atoms with Crippen LogP contribution in [0.3, 0.4) is 0 Å². The minimum absolute atomic E-state index is 0.00887. The van der Waals surface area contributed by atoms with Gasteiger partial charge in [-0.1, -0.05) is 48.5 Å². The number of amides is 1. The van der Waals surface area contributed by atoms with Crippen molar-refractivity contribution >= 4 is 39.2 Å². The number of nitrogens with zero attached hydrogens (tertiary/aromatic N) is 1. The molecule has 0 heterocycles. The highest BCUT2D eigenvalue weighted by molar-refractivity contribution is 6.14. The van der Waals surface area contributed by atoms with Gasteiger partial charge in [-0.15, -0.1) is 0 Å². The predicted octanol–water partition coefficient (Wildman–Crippen LogP) is 5.24. The first kappa shape index (κ1) is 17.3. The molecule has 0 aliphatic carbocycles. The van der Waals surface area contributed by atoms with Gasteiger partial charge >= 0.3 is 0 Å². The molecule has 134 valence electrons. The number of phenolic OH excluding ortho intramolecular Hbond substituents is 1. The lowest BCUT2D eigenvalue weighted by Gasteiger charge is -2.09. The summed E-state index contributed by atoms with van der Waals surface area (Å²) in [6, 6.07) is 26.0. The molecule has 0 spiro atoms. The summed E-state index contributed by atoms with van der Waals surface area (Å²) < 4.78 is 0. The Balaban J connectivity index is 1.83. The van der Waals surface area contributed by atoms with Crippen LogP contribution in [-0.2, 0) is 4.79 Å². The highest BCUT2D eigenvalue weighted by Gasteiger charge is 2.12. The molecular formula is C24H16N2O2. The molecule has 0 unspecified atom stereocenters. The Labute approximate surface area is 162 Å². The quantitative estimate of drug-likeness (QED) is 0.226. The van der Waals surface area contributed by atoms with Crippen molar-refractivity contribution in [2.75, 3.05) is 5.32 Å². The molecule has 0 fully saturated rings. The van der Waals surface area contributed by atoms with Crippen LogP contribution in [0, 0.1) is 11.3 Å². The van der Waals surface area contributed by atoms with E-state index in [0.29, 0.717) is 5.69 Å². The molecular weight excluding hydrogens is 348 g/mol. The molecule has 1 amide bonds. The highest BCUT2D eigenvalue weighted by Crippen LogP contribution is 2.30. The Hall–Kier alpha value is -4.10. The Morgan fingerprint density at radius 1 is 0.893 bits per heavy atom. The van der Waals surface area contributed by atoms with Crippen molar-refractivity contribution in [3.8, 4) is 11.8 Å². The van der Waals surface area contributed by atoms with Gasteiger partial charge < -0.3 is 10.4 Å². The van der Waals surface area contributed by atoms with E-state index < -0.39 is 5.91 Å². The van der Waals surface area contributed by atoms with Crippen LogP contribution in [0.1, 0.15) is 5.56 Å². The molecule has 4 nitrogen and oxygen atoms in total. The van der Waals surface area contributed by atoms with E-state index in [4.69, 9.17) is 0 Å². The second-order valence-electron chi connectivity index (χ2n) is 6.40. The van der Waals surface area contributed by atoms with Gasteiger partial charge in [-0.05, 0) is 63.5 Å². The molecule has 28 heavy (non-hydrogen) atoms. The number of phenols is 1. The van der Waals surface area contributed by atoms with Crippen molar-refractivity contribution in [3.63, 3.8) is 0 Å². The van der Waals surface area contributed by atoms with Crippen molar-refractivity contribution in [2.45, 2.75) is 0 Å². The smallest absolute Gasteiger partial charge is 0.266 e. The molecule has 4 aromatic carbocycles. The second kappa shape index (κ2) is 7.26. The summed E-state index contributed by atoms with van der Waals surface area (Å²) >= 11 is 0. The van der Waals surface area contributed by atoms with Crippen LogP contribution >= 0.6 is 0 Å². The summed E-state index contributed by atoms with van der Waals surface area (Å²) in [7, 11) is 0. The lowest BCUT2D eigenvalue weighted by Crippen LogP contribution is -2.13. The molecule has 4 aromatic rings. The third-order valence-electron chi connectivity index (χ3n) is 4.59. The van der Waals surface area contributed by atoms with Gasteiger partial charge in [-0.3, -0.25) is 4.79 Å². The van der Waals surface area contributed by atoms with Crippen molar-refractivity contribution < 1.29 is 9.90 Å². The van der Waals surface area contributed by atoms with E-state index >= 15 is 0 Å². The number of rotatable bonds is 3. The summed E-state index contributed by atoms with van der Waals surface area (Å²) in [6.45, 7) is 0. The zero-order chi connectivity index (χ0) is 19.5. The summed E-state index contributed by atoms with van der Waals surface area (Å²) in [5.41, 5.74) is 1.35. The Morgan fingerprint density at radius 3 is 2.04 bits per heavy atom. The zero-order valence-corrected chi connectivity index (χ0v) is 14.9. The maximum atomic E-state index is 12.6. The average molecular weight is 364 g/mol. The number of carbonyl (C=O) groups is 1. The summed E-state index contributed by atoms with van der Waals surface area (Å²) in [6.07, 6.45) is 1.64. The lowest BCUT2D eigenvalue weighted by atomic mass is 9.95. The van der Waals surface area contributed by atoms with Gasteiger partial charge in [0.25, 0.3) is 5.91 Å². The van der Waals surface area contributed by atoms with E-state index in [0.717, 1.165) is 27.1 Å². The van der Waals surface area contributed by atoms with Crippen molar-refractivity contribution in [1.82, 2.24) is 0 Å². The van der Waals surface area contributed by atoms with E-state index in [-0.39, 0.29) is 11.3 Å². The fourth-order valence-electron chi connectivity index (χ4n) is 3.24. The van der Waals surface area contributed by atoms with Gasteiger partial charge in [-0.25, -0.2) is 0 Å². The summed E-state index contributed by atoms with van der Waals surface area (Å²) in [5, 5.41) is 25.7. The lowest BCUT2D eigenvalue weighted by molar-refractivity contribution is -0.112. The fourth-order valence-corrected chi connectivity index (χ4v) is 3.24. The SMILES string of the molecule is N#CC(=Cc1c2ccccc2cc2ccccc12)C(=O)Nc1ccc(O)cc1. The maximum absolute atomic E-state index is 12.6. The molecule has 0 aliphatic rings. The zero-order valence-electron chi connectivity index (χ0n) is 14.9. The fraction of sp³-hybridized carbons (Fsp3) is 0. The predicted molar refractivity (Wildman–Crippen MR) is 112 cm³/mol. The summed E-state index contributed by atoms with van der Waals surface area (Å²) in [5.74, 6) is -0.388. The number of carbonyl (C=O) groups excluding carboxylic acids is 1. The average Bonchev–Trinajstić information content (AvgIpc) is 2.72. The first-order valence-electron chi connectivity index (χ1n) is 8.78. The third kappa shape index (κ3) is 3.29. The molecule has 4 heteroatoms. The maximum Gasteiger partial charge on any atom is 0.266 e. The van der Waals surface area contributed by atoms with Crippen LogP contribution in [0.25, 0.3) is 27.6 Å². The van der Waals surface area contributed by atoms with Gasteiger partial charge in [0.2, 0.25) is 0 Å². The molecule has 0 aromatic heterocycles. The van der Waals surface area contributed by atoms with Crippen molar-refractivity contribution in [3.05, 3.63) is 90.0 Å². The molecule has 0 saturated heterocycles. The van der Waals surface area contributed by atoms with E-state index in [1.54, 1.807) is 18.2 Å². The number of benzene rings is 4. The molecule has 0 aliphatic heterocycles. The summed E-state index contributed by atoms with van der Waals surface area (Å²) in [4.78, 5) is 12.6. The van der Waals surface area contributed by atoms with Crippen LogP contribution in [0.5, 0.6) is 5.75 Å². The molecule has 0 atom stereocenters. The van der Waals surface area contributed by atoms with Crippen LogP contribution in [-0.4, -0.2) is 11.0 Å². The Kier molecular flexibility index (Phi) is 4.49. The second-order valence-corrected chi connectivity index (χ2v) is 6.40. The minimum atomic E-state index is -0.495. The first-order chi connectivity index (χ1) is 13.7. The van der Waals surface area contributed by atoms with Gasteiger partial charge in [0, 0.05) is 5.69 Å². The van der Waals surface area contributed by atoms with Crippen LogP contribution < -0.4 is 5.32 Å². The largest absolute Gasteiger partial charge is 0.508 e. The first-order valence-corrected chi connectivity index (χ1v) is 8.78. The van der Waals surface area contributed by atoms with Crippen LogP contribution in [0.2, 0.25) is 0 Å². The third-order valence-corrected chi connectivity index (χ3v) is 4.59. The van der Waals surface area contributed by atoms with Gasteiger partial charge in [0.1, 0.15) is 17.4 Å². The highest BCUT2D eigenvalue weighted by atomic mass is 16.3. The number of fused-ring (bicyclic) bond motifs is 2. The van der Waals surface area contributed by atoms with E-state index in [2.05, 4.69) is 11.4 Å². The van der Waals surface area contributed by atoms with E-state index in [9.17, 15) is 15.2 Å². The van der Waals surface area contributed by atoms with Crippen molar-refractivity contribution in [1.29, 1.82) is 5.26 Å². The van der Waals surface area contributed by atoms with Crippen LogP contribution in [0.15, 0.2) is 84.4 Å². The Morgan fingerprint density at radius 2 is 1.46 bits per heavy atom. The topological polar surface area (TPSA) is 73.1 Å². The number of hydrogen-bond acceptors (Lipinski definition) is 3. The number of aromatic hydroxyl groups is 1. The Bertz CT molecular complexity index is 1210. The molecule has 2 N–H and O–H groups in total. The van der Waals surface area contributed by atoms with Gasteiger partial charge in [0.05, 0.1) is 0 Å². The minimum Gasteiger partial charge on any atom is -0.508 e. The molecule has 0 bridgehead atoms. The van der Waals surface area contributed by atoms with Crippen LogP contribution in [0.4, 0.5) is 5.69 Å². The normalized spacial score (nSPS) is 11.3. The van der Waals surface area contributed by atoms with Gasteiger partial charge in [-0.2, -0.15) is 5.26 Å². The number of nitrogens with one attached hydrogen (secondary N) is 1. The number of anilines is 1. The molecule has 0 radical (unpaired) electrons.